The molecule has 0 atom stereocenters. The first-order valence-electron chi connectivity index (χ1n) is 8.35. The molecule has 124 valence electrons. The van der Waals surface area contributed by atoms with Gasteiger partial charge in [0.1, 0.15) is 0 Å². The zero-order valence-electron chi connectivity index (χ0n) is 13.6. The maximum atomic E-state index is 12.9. The molecule has 2 amide bonds. The summed E-state index contributed by atoms with van der Waals surface area (Å²) < 4.78 is 0. The van der Waals surface area contributed by atoms with E-state index in [1.807, 2.05) is 17.0 Å². The van der Waals surface area contributed by atoms with E-state index in [0.29, 0.717) is 16.8 Å². The summed E-state index contributed by atoms with van der Waals surface area (Å²) in [6.45, 7) is 1.56. The fourth-order valence-corrected chi connectivity index (χ4v) is 2.91. The summed E-state index contributed by atoms with van der Waals surface area (Å²) in [5.41, 5.74) is 1.55. The lowest BCUT2D eigenvalue weighted by molar-refractivity contribution is 0.0762. The first-order chi connectivity index (χ1) is 11.8. The van der Waals surface area contributed by atoms with Crippen molar-refractivity contribution in [1.82, 2.24) is 9.88 Å². The van der Waals surface area contributed by atoms with Crippen LogP contribution >= 0.6 is 0 Å². The Morgan fingerprint density at radius 3 is 2.42 bits per heavy atom. The molecular formula is C19H21N3O2. The minimum atomic E-state index is -0.265. The first kappa shape index (κ1) is 16.2. The van der Waals surface area contributed by atoms with Gasteiger partial charge in [0.2, 0.25) is 0 Å². The van der Waals surface area contributed by atoms with E-state index in [2.05, 4.69) is 10.3 Å². The number of anilines is 1. The summed E-state index contributed by atoms with van der Waals surface area (Å²) in [4.78, 5) is 31.0. The maximum Gasteiger partial charge on any atom is 0.257 e. The number of carbonyl (C=O) groups is 2. The van der Waals surface area contributed by atoms with E-state index >= 15 is 0 Å². The van der Waals surface area contributed by atoms with Crippen molar-refractivity contribution in [1.29, 1.82) is 0 Å². The number of para-hydroxylation sites is 1. The highest BCUT2D eigenvalue weighted by Crippen LogP contribution is 2.20. The summed E-state index contributed by atoms with van der Waals surface area (Å²) in [7, 11) is 0. The molecule has 2 heterocycles. The fraction of sp³-hybridized carbons (Fsp3) is 0.316. The third-order valence-electron chi connectivity index (χ3n) is 4.22. The van der Waals surface area contributed by atoms with Crippen LogP contribution in [-0.2, 0) is 0 Å². The van der Waals surface area contributed by atoms with Crippen molar-refractivity contribution >= 4 is 17.5 Å². The quantitative estimate of drug-likeness (QED) is 0.942. The summed E-state index contributed by atoms with van der Waals surface area (Å²) >= 11 is 0. The van der Waals surface area contributed by atoms with Crippen LogP contribution in [0.1, 0.15) is 46.4 Å². The number of aromatic nitrogens is 1. The number of hydrogen-bond acceptors (Lipinski definition) is 3. The Kier molecular flexibility index (Phi) is 5.21. The van der Waals surface area contributed by atoms with E-state index < -0.39 is 0 Å². The summed E-state index contributed by atoms with van der Waals surface area (Å²) in [6.07, 6.45) is 7.54. The first-order valence-corrected chi connectivity index (χ1v) is 8.35. The third-order valence-corrected chi connectivity index (χ3v) is 4.22. The Hall–Kier alpha value is -2.69. The molecule has 1 aliphatic rings. The second-order valence-corrected chi connectivity index (χ2v) is 5.95. The zero-order chi connectivity index (χ0) is 16.8. The summed E-state index contributed by atoms with van der Waals surface area (Å²) in [6, 6.07) is 10.6. The minimum Gasteiger partial charge on any atom is -0.339 e. The highest BCUT2D eigenvalue weighted by molar-refractivity contribution is 6.08. The Labute approximate surface area is 141 Å². The predicted molar refractivity (Wildman–Crippen MR) is 93.0 cm³/mol. The number of amides is 2. The van der Waals surface area contributed by atoms with Gasteiger partial charge in [-0.1, -0.05) is 25.0 Å². The second-order valence-electron chi connectivity index (χ2n) is 5.95. The van der Waals surface area contributed by atoms with Crippen LogP contribution in [-0.4, -0.2) is 34.8 Å². The molecule has 24 heavy (non-hydrogen) atoms. The summed E-state index contributed by atoms with van der Waals surface area (Å²) in [5, 5.41) is 2.84. The number of nitrogens with zero attached hydrogens (tertiary/aromatic N) is 2. The number of nitrogens with one attached hydrogen (secondary N) is 1. The van der Waals surface area contributed by atoms with Gasteiger partial charge in [-0.05, 0) is 37.1 Å². The van der Waals surface area contributed by atoms with Gasteiger partial charge in [-0.25, -0.2) is 0 Å². The van der Waals surface area contributed by atoms with Crippen LogP contribution in [0, 0.1) is 0 Å². The topological polar surface area (TPSA) is 62.3 Å². The molecule has 1 saturated heterocycles. The van der Waals surface area contributed by atoms with Crippen LogP contribution in [0.15, 0.2) is 48.8 Å². The molecule has 0 unspecified atom stereocenters. The molecule has 1 aromatic carbocycles. The van der Waals surface area contributed by atoms with Crippen molar-refractivity contribution in [2.45, 2.75) is 25.7 Å². The van der Waals surface area contributed by atoms with E-state index in [4.69, 9.17) is 0 Å². The van der Waals surface area contributed by atoms with Gasteiger partial charge in [0.25, 0.3) is 11.8 Å². The lowest BCUT2D eigenvalue weighted by Gasteiger charge is -2.22. The number of pyridine rings is 1. The molecule has 0 bridgehead atoms. The fourth-order valence-electron chi connectivity index (χ4n) is 2.91. The maximum absolute atomic E-state index is 12.9. The molecule has 2 aromatic rings. The van der Waals surface area contributed by atoms with Gasteiger partial charge in [-0.3, -0.25) is 14.6 Å². The Morgan fingerprint density at radius 1 is 0.958 bits per heavy atom. The molecule has 5 nitrogen and oxygen atoms in total. The molecule has 0 spiro atoms. The van der Waals surface area contributed by atoms with Gasteiger partial charge in [0, 0.05) is 25.5 Å². The van der Waals surface area contributed by atoms with E-state index in [0.717, 1.165) is 25.9 Å². The molecule has 5 heteroatoms. The third kappa shape index (κ3) is 3.79. The molecule has 0 aliphatic carbocycles. The van der Waals surface area contributed by atoms with E-state index in [1.165, 1.54) is 19.0 Å². The lowest BCUT2D eigenvalue weighted by Crippen LogP contribution is -2.32. The average Bonchev–Trinajstić information content (AvgIpc) is 2.92. The number of benzene rings is 1. The van der Waals surface area contributed by atoms with E-state index in [1.54, 1.807) is 30.5 Å². The monoisotopic (exact) mass is 323 g/mol. The highest BCUT2D eigenvalue weighted by Gasteiger charge is 2.20. The van der Waals surface area contributed by atoms with Gasteiger partial charge in [-0.15, -0.1) is 0 Å². The van der Waals surface area contributed by atoms with Gasteiger partial charge in [-0.2, -0.15) is 0 Å². The summed E-state index contributed by atoms with van der Waals surface area (Å²) in [5.74, 6) is -0.279. The molecule has 1 aromatic heterocycles. The Morgan fingerprint density at radius 2 is 1.71 bits per heavy atom. The molecule has 1 N–H and O–H groups in total. The second kappa shape index (κ2) is 7.73. The van der Waals surface area contributed by atoms with Crippen molar-refractivity contribution in [3.05, 3.63) is 59.9 Å². The average molecular weight is 323 g/mol. The van der Waals surface area contributed by atoms with Crippen molar-refractivity contribution in [2.24, 2.45) is 0 Å². The highest BCUT2D eigenvalue weighted by atomic mass is 16.2. The molecule has 1 fully saturated rings. The van der Waals surface area contributed by atoms with Crippen LogP contribution < -0.4 is 5.32 Å². The number of hydrogen-bond donors (Lipinski definition) is 1. The van der Waals surface area contributed by atoms with Crippen molar-refractivity contribution in [3.63, 3.8) is 0 Å². The van der Waals surface area contributed by atoms with Gasteiger partial charge in [0.05, 0.1) is 16.8 Å². The Balaban J connectivity index is 1.80. The van der Waals surface area contributed by atoms with Crippen molar-refractivity contribution < 1.29 is 9.59 Å². The SMILES string of the molecule is O=C(Nc1ccccc1C(=O)N1CCCCCC1)c1cccnc1. The van der Waals surface area contributed by atoms with Gasteiger partial charge < -0.3 is 10.2 Å². The van der Waals surface area contributed by atoms with Crippen LogP contribution in [0.4, 0.5) is 5.69 Å². The van der Waals surface area contributed by atoms with Crippen LogP contribution in [0.5, 0.6) is 0 Å². The van der Waals surface area contributed by atoms with Crippen LogP contribution in [0.3, 0.4) is 0 Å². The van der Waals surface area contributed by atoms with Gasteiger partial charge >= 0.3 is 0 Å². The predicted octanol–water partition coefficient (Wildman–Crippen LogP) is 3.35. The number of likely N-dealkylation sites (tertiary alicyclic amines) is 1. The number of carbonyl (C=O) groups excluding carboxylic acids is 2. The molecule has 0 radical (unpaired) electrons. The van der Waals surface area contributed by atoms with E-state index in [-0.39, 0.29) is 11.8 Å². The van der Waals surface area contributed by atoms with Crippen LogP contribution in [0.2, 0.25) is 0 Å². The van der Waals surface area contributed by atoms with E-state index in [9.17, 15) is 9.59 Å². The smallest absolute Gasteiger partial charge is 0.257 e. The Bertz CT molecular complexity index is 708. The minimum absolute atomic E-state index is 0.0148. The molecular weight excluding hydrogens is 302 g/mol. The van der Waals surface area contributed by atoms with Gasteiger partial charge in [0.15, 0.2) is 0 Å². The standard InChI is InChI=1S/C19H21N3O2/c23-18(15-8-7-11-20-14-15)21-17-10-4-3-9-16(17)19(24)22-12-5-1-2-6-13-22/h3-4,7-11,14H,1-2,5-6,12-13H2,(H,21,23). The zero-order valence-corrected chi connectivity index (χ0v) is 13.6. The van der Waals surface area contributed by atoms with Crippen LogP contribution in [0.25, 0.3) is 0 Å². The molecule has 0 saturated carbocycles. The normalized spacial score (nSPS) is 14.8. The van der Waals surface area contributed by atoms with Crippen molar-refractivity contribution in [2.75, 3.05) is 18.4 Å². The molecule has 1 aliphatic heterocycles. The molecule has 3 rings (SSSR count). The van der Waals surface area contributed by atoms with Crippen molar-refractivity contribution in [3.8, 4) is 0 Å². The number of rotatable bonds is 3. The largest absolute Gasteiger partial charge is 0.339 e. The lowest BCUT2D eigenvalue weighted by atomic mass is 10.1.